The second kappa shape index (κ2) is 8.01. The standard InChI is InChI=1S/C16H28N2OS/c1-12(2)18-16(5,11-19)7-6-8-20-15-10-13(3)9-14(4)17-15/h9-10,12,18-19H,6-8,11H2,1-5H3. The van der Waals surface area contributed by atoms with Gasteiger partial charge in [0.2, 0.25) is 0 Å². The third kappa shape index (κ3) is 6.25. The van der Waals surface area contributed by atoms with Crippen molar-refractivity contribution in [3.63, 3.8) is 0 Å². The summed E-state index contributed by atoms with van der Waals surface area (Å²) in [4.78, 5) is 4.53. The molecular formula is C16H28N2OS. The van der Waals surface area contributed by atoms with Crippen LogP contribution in [0.25, 0.3) is 0 Å². The third-order valence-corrected chi connectivity index (χ3v) is 4.18. The van der Waals surface area contributed by atoms with E-state index in [-0.39, 0.29) is 12.1 Å². The second-order valence-electron chi connectivity index (χ2n) is 6.09. The Morgan fingerprint density at radius 1 is 1.35 bits per heavy atom. The van der Waals surface area contributed by atoms with Crippen LogP contribution < -0.4 is 5.32 Å². The van der Waals surface area contributed by atoms with Gasteiger partial charge >= 0.3 is 0 Å². The molecule has 0 bridgehead atoms. The van der Waals surface area contributed by atoms with Gasteiger partial charge in [-0.15, -0.1) is 11.8 Å². The second-order valence-corrected chi connectivity index (χ2v) is 7.21. The number of rotatable bonds is 8. The van der Waals surface area contributed by atoms with E-state index in [0.29, 0.717) is 6.04 Å². The zero-order valence-electron chi connectivity index (χ0n) is 13.4. The van der Waals surface area contributed by atoms with Crippen LogP contribution in [0.1, 0.15) is 44.9 Å². The number of aryl methyl sites for hydroxylation is 2. The van der Waals surface area contributed by atoms with Gasteiger partial charge in [-0.05, 0) is 57.1 Å². The van der Waals surface area contributed by atoms with Gasteiger partial charge in [0.05, 0.1) is 11.6 Å². The van der Waals surface area contributed by atoms with E-state index in [2.05, 4.69) is 50.1 Å². The van der Waals surface area contributed by atoms with Gasteiger partial charge in [-0.25, -0.2) is 4.98 Å². The number of aliphatic hydroxyl groups is 1. The molecule has 1 atom stereocenters. The maximum absolute atomic E-state index is 9.54. The first-order chi connectivity index (χ1) is 9.34. The van der Waals surface area contributed by atoms with E-state index < -0.39 is 0 Å². The number of pyridine rings is 1. The molecule has 0 fully saturated rings. The molecule has 1 aromatic heterocycles. The van der Waals surface area contributed by atoms with E-state index in [1.807, 2.05) is 6.92 Å². The number of aromatic nitrogens is 1. The summed E-state index contributed by atoms with van der Waals surface area (Å²) in [5.74, 6) is 1.03. The first-order valence-corrected chi connectivity index (χ1v) is 8.30. The van der Waals surface area contributed by atoms with E-state index in [4.69, 9.17) is 0 Å². The van der Waals surface area contributed by atoms with Crippen molar-refractivity contribution in [1.29, 1.82) is 0 Å². The summed E-state index contributed by atoms with van der Waals surface area (Å²) >= 11 is 1.80. The molecule has 0 aromatic carbocycles. The summed E-state index contributed by atoms with van der Waals surface area (Å²) in [5, 5.41) is 14.1. The quantitative estimate of drug-likeness (QED) is 0.570. The van der Waals surface area contributed by atoms with Crippen LogP contribution in [0.2, 0.25) is 0 Å². The highest BCUT2D eigenvalue weighted by atomic mass is 32.2. The van der Waals surface area contributed by atoms with Gasteiger partial charge in [-0.3, -0.25) is 0 Å². The van der Waals surface area contributed by atoms with Gasteiger partial charge in [-0.2, -0.15) is 0 Å². The minimum absolute atomic E-state index is 0.176. The van der Waals surface area contributed by atoms with Crippen LogP contribution in [0, 0.1) is 13.8 Å². The molecule has 0 spiro atoms. The summed E-state index contributed by atoms with van der Waals surface area (Å²) < 4.78 is 0. The molecule has 0 aliphatic carbocycles. The zero-order valence-corrected chi connectivity index (χ0v) is 14.2. The fourth-order valence-electron chi connectivity index (χ4n) is 2.41. The van der Waals surface area contributed by atoms with Crippen molar-refractivity contribution in [3.05, 3.63) is 23.4 Å². The molecule has 1 aromatic rings. The normalized spacial score (nSPS) is 14.6. The average molecular weight is 296 g/mol. The maximum Gasteiger partial charge on any atom is 0.0965 e. The van der Waals surface area contributed by atoms with Crippen LogP contribution in [-0.4, -0.2) is 34.0 Å². The molecule has 0 radical (unpaired) electrons. The van der Waals surface area contributed by atoms with Crippen LogP contribution in [-0.2, 0) is 0 Å². The Balaban J connectivity index is 2.40. The summed E-state index contributed by atoms with van der Waals surface area (Å²) in [6, 6.07) is 4.62. The van der Waals surface area contributed by atoms with Crippen LogP contribution >= 0.6 is 11.8 Å². The molecule has 20 heavy (non-hydrogen) atoms. The van der Waals surface area contributed by atoms with Gasteiger partial charge in [0, 0.05) is 17.3 Å². The Hall–Kier alpha value is -0.580. The van der Waals surface area contributed by atoms with Gasteiger partial charge in [-0.1, -0.05) is 13.8 Å². The van der Waals surface area contributed by atoms with Crippen molar-refractivity contribution in [2.24, 2.45) is 0 Å². The molecule has 3 nitrogen and oxygen atoms in total. The zero-order chi connectivity index (χ0) is 15.2. The number of hydrogen-bond donors (Lipinski definition) is 2. The first kappa shape index (κ1) is 17.5. The van der Waals surface area contributed by atoms with Gasteiger partial charge in [0.1, 0.15) is 0 Å². The van der Waals surface area contributed by atoms with Crippen molar-refractivity contribution in [2.75, 3.05) is 12.4 Å². The Labute approximate surface area is 127 Å². The lowest BCUT2D eigenvalue weighted by Crippen LogP contribution is -2.49. The lowest BCUT2D eigenvalue weighted by Gasteiger charge is -2.31. The topological polar surface area (TPSA) is 45.2 Å². The Kier molecular flexibility index (Phi) is 7.00. The fraction of sp³-hybridized carbons (Fsp3) is 0.688. The molecule has 114 valence electrons. The number of nitrogens with zero attached hydrogens (tertiary/aromatic N) is 1. The van der Waals surface area contributed by atoms with Crippen molar-refractivity contribution >= 4 is 11.8 Å². The molecule has 1 unspecified atom stereocenters. The summed E-state index contributed by atoms with van der Waals surface area (Å²) in [6.45, 7) is 10.6. The van der Waals surface area contributed by atoms with E-state index in [0.717, 1.165) is 29.3 Å². The number of aliphatic hydroxyl groups excluding tert-OH is 1. The fourth-order valence-corrected chi connectivity index (χ4v) is 3.39. The Morgan fingerprint density at radius 3 is 2.60 bits per heavy atom. The van der Waals surface area contributed by atoms with Gasteiger partial charge in [0.15, 0.2) is 0 Å². The third-order valence-electron chi connectivity index (χ3n) is 3.18. The summed E-state index contributed by atoms with van der Waals surface area (Å²) in [7, 11) is 0. The first-order valence-electron chi connectivity index (χ1n) is 7.31. The molecule has 0 saturated heterocycles. The van der Waals surface area contributed by atoms with Crippen LogP contribution in [0.3, 0.4) is 0 Å². The van der Waals surface area contributed by atoms with Crippen LogP contribution in [0.5, 0.6) is 0 Å². The van der Waals surface area contributed by atoms with Gasteiger partial charge < -0.3 is 10.4 Å². The highest BCUT2D eigenvalue weighted by molar-refractivity contribution is 7.99. The summed E-state index contributed by atoms with van der Waals surface area (Å²) in [6.07, 6.45) is 2.04. The largest absolute Gasteiger partial charge is 0.394 e. The Bertz CT molecular complexity index is 403. The molecule has 2 N–H and O–H groups in total. The van der Waals surface area contributed by atoms with E-state index in [9.17, 15) is 5.11 Å². The van der Waals surface area contributed by atoms with Crippen LogP contribution in [0.4, 0.5) is 0 Å². The van der Waals surface area contributed by atoms with Gasteiger partial charge in [0.25, 0.3) is 0 Å². The van der Waals surface area contributed by atoms with Crippen molar-refractivity contribution in [3.8, 4) is 0 Å². The lowest BCUT2D eigenvalue weighted by atomic mass is 9.96. The molecule has 0 amide bonds. The number of nitrogens with one attached hydrogen (secondary N) is 1. The highest BCUT2D eigenvalue weighted by Crippen LogP contribution is 2.21. The molecule has 0 aliphatic heterocycles. The molecule has 0 aliphatic rings. The minimum atomic E-state index is -0.176. The minimum Gasteiger partial charge on any atom is -0.394 e. The molecule has 1 rings (SSSR count). The Morgan fingerprint density at radius 2 is 2.05 bits per heavy atom. The van der Waals surface area contributed by atoms with E-state index in [1.165, 1.54) is 5.56 Å². The molecule has 0 saturated carbocycles. The van der Waals surface area contributed by atoms with Crippen molar-refractivity contribution < 1.29 is 5.11 Å². The average Bonchev–Trinajstić information content (AvgIpc) is 2.33. The lowest BCUT2D eigenvalue weighted by molar-refractivity contribution is 0.156. The summed E-state index contributed by atoms with van der Waals surface area (Å²) in [5.41, 5.74) is 2.17. The maximum atomic E-state index is 9.54. The highest BCUT2D eigenvalue weighted by Gasteiger charge is 2.23. The predicted octanol–water partition coefficient (Wildman–Crippen LogP) is 3.32. The number of hydrogen-bond acceptors (Lipinski definition) is 4. The van der Waals surface area contributed by atoms with E-state index >= 15 is 0 Å². The number of thioether (sulfide) groups is 1. The van der Waals surface area contributed by atoms with E-state index in [1.54, 1.807) is 11.8 Å². The van der Waals surface area contributed by atoms with Crippen molar-refractivity contribution in [2.45, 2.75) is 64.1 Å². The smallest absolute Gasteiger partial charge is 0.0965 e. The molecule has 4 heteroatoms. The SMILES string of the molecule is Cc1cc(C)nc(SCCCC(C)(CO)NC(C)C)c1. The molecule has 1 heterocycles. The predicted molar refractivity (Wildman–Crippen MR) is 87.4 cm³/mol. The van der Waals surface area contributed by atoms with Crippen LogP contribution in [0.15, 0.2) is 17.2 Å². The van der Waals surface area contributed by atoms with Crippen molar-refractivity contribution in [1.82, 2.24) is 10.3 Å². The monoisotopic (exact) mass is 296 g/mol. The molecular weight excluding hydrogens is 268 g/mol.